The predicted octanol–water partition coefficient (Wildman–Crippen LogP) is 4.14. The van der Waals surface area contributed by atoms with Crippen LogP contribution < -0.4 is 5.32 Å². The van der Waals surface area contributed by atoms with Crippen molar-refractivity contribution in [3.05, 3.63) is 64.1 Å². The second-order valence-corrected chi connectivity index (χ2v) is 7.35. The Bertz CT molecular complexity index is 746. The van der Waals surface area contributed by atoms with E-state index in [9.17, 15) is 4.79 Å². The Morgan fingerprint density at radius 2 is 1.73 bits per heavy atom. The molecule has 1 aliphatic heterocycles. The number of benzene rings is 2. The summed E-state index contributed by atoms with van der Waals surface area (Å²) in [5.74, 6) is -0.0642. The summed E-state index contributed by atoms with van der Waals surface area (Å²) in [6, 6.07) is 15.5. The number of piperazine rings is 1. The summed E-state index contributed by atoms with van der Waals surface area (Å²) < 4.78 is 0. The lowest BCUT2D eigenvalue weighted by molar-refractivity contribution is -0.121. The van der Waals surface area contributed by atoms with Crippen LogP contribution in [0, 0.1) is 0 Å². The zero-order valence-corrected chi connectivity index (χ0v) is 16.3. The second-order valence-electron chi connectivity index (χ2n) is 6.56. The second kappa shape index (κ2) is 8.87. The molecule has 26 heavy (non-hydrogen) atoms. The normalized spacial score (nSPS) is 17.0. The lowest BCUT2D eigenvalue weighted by atomic mass is 10.1. The van der Waals surface area contributed by atoms with Gasteiger partial charge in [0.15, 0.2) is 0 Å². The van der Waals surface area contributed by atoms with E-state index in [0.29, 0.717) is 15.7 Å². The van der Waals surface area contributed by atoms with Crippen molar-refractivity contribution < 1.29 is 4.79 Å². The molecular formula is C20H23Cl2N3O. The molecule has 1 saturated heterocycles. The number of nitrogens with zero attached hydrogens (tertiary/aromatic N) is 2. The highest BCUT2D eigenvalue weighted by atomic mass is 35.5. The predicted molar refractivity (Wildman–Crippen MR) is 108 cm³/mol. The number of hydrogen-bond acceptors (Lipinski definition) is 3. The molecule has 0 bridgehead atoms. The van der Waals surface area contributed by atoms with Crippen molar-refractivity contribution in [2.75, 3.05) is 31.5 Å². The fourth-order valence-electron chi connectivity index (χ4n) is 3.15. The van der Waals surface area contributed by atoms with E-state index in [1.54, 1.807) is 18.2 Å². The molecule has 1 unspecified atom stereocenters. The first-order valence-electron chi connectivity index (χ1n) is 8.80. The summed E-state index contributed by atoms with van der Waals surface area (Å²) in [6.45, 7) is 6.51. The van der Waals surface area contributed by atoms with Crippen LogP contribution in [-0.2, 0) is 11.3 Å². The van der Waals surface area contributed by atoms with Crippen molar-refractivity contribution in [3.63, 3.8) is 0 Å². The van der Waals surface area contributed by atoms with Crippen molar-refractivity contribution in [1.82, 2.24) is 9.80 Å². The maximum Gasteiger partial charge on any atom is 0.241 e. The van der Waals surface area contributed by atoms with E-state index in [0.717, 1.165) is 32.7 Å². The first kappa shape index (κ1) is 19.2. The maximum absolute atomic E-state index is 12.6. The molecule has 2 aromatic rings. The summed E-state index contributed by atoms with van der Waals surface area (Å²) in [6.07, 6.45) is 0. The molecular weight excluding hydrogens is 369 g/mol. The molecule has 6 heteroatoms. The van der Waals surface area contributed by atoms with Crippen LogP contribution in [0.15, 0.2) is 48.5 Å². The zero-order chi connectivity index (χ0) is 18.5. The molecule has 1 fully saturated rings. The molecule has 1 amide bonds. The van der Waals surface area contributed by atoms with Crippen molar-refractivity contribution in [1.29, 1.82) is 0 Å². The monoisotopic (exact) mass is 391 g/mol. The van der Waals surface area contributed by atoms with Gasteiger partial charge < -0.3 is 5.32 Å². The summed E-state index contributed by atoms with van der Waals surface area (Å²) in [4.78, 5) is 17.2. The van der Waals surface area contributed by atoms with E-state index in [2.05, 4.69) is 39.4 Å². The van der Waals surface area contributed by atoms with E-state index in [1.165, 1.54) is 5.56 Å². The van der Waals surface area contributed by atoms with Gasteiger partial charge in [0.25, 0.3) is 0 Å². The summed E-state index contributed by atoms with van der Waals surface area (Å²) in [5.41, 5.74) is 1.88. The van der Waals surface area contributed by atoms with Crippen LogP contribution in [0.25, 0.3) is 0 Å². The quantitative estimate of drug-likeness (QED) is 0.831. The van der Waals surface area contributed by atoms with Gasteiger partial charge in [-0.2, -0.15) is 0 Å². The van der Waals surface area contributed by atoms with Crippen molar-refractivity contribution in [2.45, 2.75) is 19.5 Å². The van der Waals surface area contributed by atoms with Gasteiger partial charge in [-0.3, -0.25) is 14.6 Å². The average Bonchev–Trinajstić information content (AvgIpc) is 2.66. The summed E-state index contributed by atoms with van der Waals surface area (Å²) >= 11 is 12.2. The van der Waals surface area contributed by atoms with Gasteiger partial charge in [-0.1, -0.05) is 59.6 Å². The maximum atomic E-state index is 12.6. The van der Waals surface area contributed by atoms with Crippen molar-refractivity contribution in [3.8, 4) is 0 Å². The molecule has 0 aromatic heterocycles. The molecule has 1 atom stereocenters. The van der Waals surface area contributed by atoms with Crippen LogP contribution >= 0.6 is 23.2 Å². The van der Waals surface area contributed by atoms with Gasteiger partial charge in [-0.25, -0.2) is 0 Å². The van der Waals surface area contributed by atoms with Crippen LogP contribution in [0.2, 0.25) is 10.0 Å². The van der Waals surface area contributed by atoms with Crippen LogP contribution in [0.1, 0.15) is 12.5 Å². The summed E-state index contributed by atoms with van der Waals surface area (Å²) in [7, 11) is 0. The highest BCUT2D eigenvalue weighted by molar-refractivity contribution is 6.44. The third-order valence-electron chi connectivity index (χ3n) is 4.79. The molecule has 1 heterocycles. The fourth-order valence-corrected chi connectivity index (χ4v) is 3.50. The van der Waals surface area contributed by atoms with Gasteiger partial charge in [0.2, 0.25) is 5.91 Å². The molecule has 1 N–H and O–H groups in total. The minimum atomic E-state index is -0.219. The number of hydrogen-bond donors (Lipinski definition) is 1. The average molecular weight is 392 g/mol. The molecule has 138 valence electrons. The van der Waals surface area contributed by atoms with Gasteiger partial charge in [-0.15, -0.1) is 0 Å². The van der Waals surface area contributed by atoms with Crippen LogP contribution in [0.4, 0.5) is 5.69 Å². The standard InChI is InChI=1S/C20H23Cl2N3O/c1-15(20(26)23-18-9-5-8-17(21)19(18)22)25-12-10-24(11-13-25)14-16-6-3-2-4-7-16/h2-9,15H,10-14H2,1H3,(H,23,26). The van der Waals surface area contributed by atoms with Gasteiger partial charge in [0, 0.05) is 32.7 Å². The van der Waals surface area contributed by atoms with E-state index >= 15 is 0 Å². The number of anilines is 1. The van der Waals surface area contributed by atoms with Crippen LogP contribution in [-0.4, -0.2) is 47.9 Å². The van der Waals surface area contributed by atoms with Gasteiger partial charge in [0.1, 0.15) is 0 Å². The smallest absolute Gasteiger partial charge is 0.241 e. The van der Waals surface area contributed by atoms with Crippen LogP contribution in [0.3, 0.4) is 0 Å². The number of rotatable bonds is 5. The number of amides is 1. The Kier molecular flexibility index (Phi) is 6.54. The third kappa shape index (κ3) is 4.77. The molecule has 0 spiro atoms. The number of halogens is 2. The number of carbonyl (C=O) groups excluding carboxylic acids is 1. The zero-order valence-electron chi connectivity index (χ0n) is 14.8. The Labute approximate surface area is 164 Å². The molecule has 0 radical (unpaired) electrons. The minimum absolute atomic E-state index is 0.0642. The highest BCUT2D eigenvalue weighted by Crippen LogP contribution is 2.29. The lowest BCUT2D eigenvalue weighted by Gasteiger charge is -2.37. The Morgan fingerprint density at radius 1 is 1.04 bits per heavy atom. The largest absolute Gasteiger partial charge is 0.323 e. The first-order chi connectivity index (χ1) is 12.5. The van der Waals surface area contributed by atoms with E-state index in [4.69, 9.17) is 23.2 Å². The van der Waals surface area contributed by atoms with E-state index in [-0.39, 0.29) is 11.9 Å². The van der Waals surface area contributed by atoms with Gasteiger partial charge >= 0.3 is 0 Å². The first-order valence-corrected chi connectivity index (χ1v) is 9.55. The van der Waals surface area contributed by atoms with Gasteiger partial charge in [0.05, 0.1) is 21.8 Å². The third-order valence-corrected chi connectivity index (χ3v) is 5.61. The molecule has 2 aromatic carbocycles. The minimum Gasteiger partial charge on any atom is -0.323 e. The number of carbonyl (C=O) groups is 1. The SMILES string of the molecule is CC(C(=O)Nc1cccc(Cl)c1Cl)N1CCN(Cc2ccccc2)CC1. The highest BCUT2D eigenvalue weighted by Gasteiger charge is 2.26. The molecule has 0 aliphatic carbocycles. The van der Waals surface area contributed by atoms with Crippen LogP contribution in [0.5, 0.6) is 0 Å². The molecule has 1 aliphatic rings. The van der Waals surface area contributed by atoms with E-state index in [1.807, 2.05) is 13.0 Å². The topological polar surface area (TPSA) is 35.6 Å². The molecule has 3 rings (SSSR count). The Balaban J connectivity index is 1.52. The number of nitrogens with one attached hydrogen (secondary N) is 1. The molecule has 4 nitrogen and oxygen atoms in total. The van der Waals surface area contributed by atoms with Crippen molar-refractivity contribution >= 4 is 34.8 Å². The Hall–Kier alpha value is -1.59. The Morgan fingerprint density at radius 3 is 2.42 bits per heavy atom. The van der Waals surface area contributed by atoms with Gasteiger partial charge in [-0.05, 0) is 24.6 Å². The lowest BCUT2D eigenvalue weighted by Crippen LogP contribution is -2.52. The van der Waals surface area contributed by atoms with E-state index < -0.39 is 0 Å². The fraction of sp³-hybridized carbons (Fsp3) is 0.350. The summed E-state index contributed by atoms with van der Waals surface area (Å²) in [5, 5.41) is 3.70. The van der Waals surface area contributed by atoms with Crippen molar-refractivity contribution in [2.24, 2.45) is 0 Å². The molecule has 0 saturated carbocycles.